The summed E-state index contributed by atoms with van der Waals surface area (Å²) in [5.41, 5.74) is 1.58. The van der Waals surface area contributed by atoms with Crippen LogP contribution in [-0.2, 0) is 11.2 Å². The summed E-state index contributed by atoms with van der Waals surface area (Å²) in [6, 6.07) is 11.5. The molecule has 2 fully saturated rings. The fourth-order valence-electron chi connectivity index (χ4n) is 4.49. The van der Waals surface area contributed by atoms with Gasteiger partial charge in [0.25, 0.3) is 0 Å². The number of piperidine rings is 2. The Bertz CT molecular complexity index is 602. The molecule has 0 unspecified atom stereocenters. The zero-order valence-corrected chi connectivity index (χ0v) is 18.1. The Labute approximate surface area is 171 Å². The van der Waals surface area contributed by atoms with Gasteiger partial charge in [0.1, 0.15) is 0 Å². The molecule has 1 aromatic rings. The molecule has 0 aromatic heterocycles. The van der Waals surface area contributed by atoms with Gasteiger partial charge in [-0.2, -0.15) is 0 Å². The van der Waals surface area contributed by atoms with E-state index in [1.54, 1.807) is 0 Å². The highest BCUT2D eigenvalue weighted by atomic mass is 16.1. The van der Waals surface area contributed by atoms with E-state index in [0.29, 0.717) is 6.04 Å². The summed E-state index contributed by atoms with van der Waals surface area (Å²) in [6.45, 7) is 12.9. The molecule has 0 bridgehead atoms. The summed E-state index contributed by atoms with van der Waals surface area (Å²) in [7, 11) is 0. The van der Waals surface area contributed by atoms with Gasteiger partial charge in [0.15, 0.2) is 0 Å². The van der Waals surface area contributed by atoms with Gasteiger partial charge in [0.2, 0.25) is 5.91 Å². The number of amides is 1. The SMILES string of the molecule is CC(C)(C)CNC(=O)[C@H]1CCCN(C2CCN(CCc3ccccc3)CC2)C1. The second-order valence-electron chi connectivity index (χ2n) is 9.92. The van der Waals surface area contributed by atoms with Gasteiger partial charge in [-0.15, -0.1) is 0 Å². The molecule has 156 valence electrons. The Balaban J connectivity index is 1.40. The molecule has 4 heteroatoms. The summed E-state index contributed by atoms with van der Waals surface area (Å²) < 4.78 is 0. The monoisotopic (exact) mass is 385 g/mol. The van der Waals surface area contributed by atoms with Crippen LogP contribution >= 0.6 is 0 Å². The van der Waals surface area contributed by atoms with Gasteiger partial charge >= 0.3 is 0 Å². The molecule has 2 aliphatic heterocycles. The molecule has 2 aliphatic rings. The van der Waals surface area contributed by atoms with Crippen molar-refractivity contribution in [1.29, 1.82) is 0 Å². The van der Waals surface area contributed by atoms with Crippen molar-refractivity contribution in [3.63, 3.8) is 0 Å². The summed E-state index contributed by atoms with van der Waals surface area (Å²) in [6.07, 6.45) is 5.83. The maximum Gasteiger partial charge on any atom is 0.224 e. The highest BCUT2D eigenvalue weighted by Crippen LogP contribution is 2.24. The lowest BCUT2D eigenvalue weighted by molar-refractivity contribution is -0.127. The first-order valence-corrected chi connectivity index (χ1v) is 11.2. The first-order valence-electron chi connectivity index (χ1n) is 11.2. The third-order valence-corrected chi connectivity index (χ3v) is 6.25. The van der Waals surface area contributed by atoms with Crippen molar-refractivity contribution in [2.45, 2.75) is 58.9 Å². The van der Waals surface area contributed by atoms with Crippen LogP contribution in [0.5, 0.6) is 0 Å². The predicted octanol–water partition coefficient (Wildman–Crippen LogP) is 3.57. The Hall–Kier alpha value is -1.39. The number of likely N-dealkylation sites (tertiary alicyclic amines) is 2. The Morgan fingerprint density at radius 1 is 1.07 bits per heavy atom. The number of hydrogen-bond acceptors (Lipinski definition) is 3. The Morgan fingerprint density at radius 3 is 2.46 bits per heavy atom. The number of nitrogens with one attached hydrogen (secondary N) is 1. The van der Waals surface area contributed by atoms with Gasteiger partial charge in [0.05, 0.1) is 5.92 Å². The van der Waals surface area contributed by atoms with Gasteiger partial charge in [-0.25, -0.2) is 0 Å². The van der Waals surface area contributed by atoms with Crippen LogP contribution in [0.25, 0.3) is 0 Å². The zero-order valence-electron chi connectivity index (χ0n) is 18.1. The van der Waals surface area contributed by atoms with Gasteiger partial charge in [-0.3, -0.25) is 9.69 Å². The normalized spacial score (nSPS) is 22.9. The van der Waals surface area contributed by atoms with E-state index in [9.17, 15) is 4.79 Å². The van der Waals surface area contributed by atoms with E-state index in [4.69, 9.17) is 0 Å². The molecule has 0 spiro atoms. The van der Waals surface area contributed by atoms with E-state index < -0.39 is 0 Å². The largest absolute Gasteiger partial charge is 0.355 e. The summed E-state index contributed by atoms with van der Waals surface area (Å²) in [5.74, 6) is 0.437. The molecule has 0 saturated carbocycles. The molecule has 1 atom stereocenters. The van der Waals surface area contributed by atoms with Crippen molar-refractivity contribution in [3.8, 4) is 0 Å². The zero-order chi connectivity index (χ0) is 20.0. The quantitative estimate of drug-likeness (QED) is 0.813. The van der Waals surface area contributed by atoms with Crippen LogP contribution in [0.4, 0.5) is 0 Å². The number of carbonyl (C=O) groups is 1. The van der Waals surface area contributed by atoms with Crippen LogP contribution in [-0.4, -0.2) is 61.0 Å². The van der Waals surface area contributed by atoms with E-state index in [2.05, 4.69) is 66.2 Å². The van der Waals surface area contributed by atoms with E-state index in [0.717, 1.165) is 45.4 Å². The summed E-state index contributed by atoms with van der Waals surface area (Å²) in [4.78, 5) is 17.8. The lowest BCUT2D eigenvalue weighted by atomic mass is 9.92. The number of benzene rings is 1. The van der Waals surface area contributed by atoms with Crippen molar-refractivity contribution < 1.29 is 4.79 Å². The number of carbonyl (C=O) groups excluding carboxylic acids is 1. The molecule has 4 nitrogen and oxygen atoms in total. The molecule has 2 heterocycles. The summed E-state index contributed by atoms with van der Waals surface area (Å²) >= 11 is 0. The standard InChI is InChI=1S/C24H39N3O/c1-24(2,3)19-25-23(28)21-10-7-14-27(18-21)22-12-16-26(17-13-22)15-11-20-8-5-4-6-9-20/h4-6,8-9,21-22H,7,10-19H2,1-3H3,(H,25,28)/t21-/m0/s1. The van der Waals surface area contributed by atoms with Crippen LogP contribution in [0.2, 0.25) is 0 Å². The topological polar surface area (TPSA) is 35.6 Å². The Kier molecular flexibility index (Phi) is 7.53. The minimum absolute atomic E-state index is 0.149. The van der Waals surface area contributed by atoms with Crippen LogP contribution in [0.3, 0.4) is 0 Å². The highest BCUT2D eigenvalue weighted by molar-refractivity contribution is 5.79. The molecule has 28 heavy (non-hydrogen) atoms. The van der Waals surface area contributed by atoms with Crippen LogP contribution in [0, 0.1) is 11.3 Å². The molecular formula is C24H39N3O. The van der Waals surface area contributed by atoms with E-state index in [1.807, 2.05) is 0 Å². The Morgan fingerprint density at radius 2 is 1.79 bits per heavy atom. The van der Waals surface area contributed by atoms with Crippen LogP contribution < -0.4 is 5.32 Å². The van der Waals surface area contributed by atoms with Gasteiger partial charge in [0, 0.05) is 25.7 Å². The first-order chi connectivity index (χ1) is 13.4. The lowest BCUT2D eigenvalue weighted by Gasteiger charge is -2.42. The molecule has 3 rings (SSSR count). The fourth-order valence-corrected chi connectivity index (χ4v) is 4.49. The van der Waals surface area contributed by atoms with Gasteiger partial charge in [-0.1, -0.05) is 51.1 Å². The third kappa shape index (κ3) is 6.59. The molecule has 0 radical (unpaired) electrons. The number of nitrogens with zero attached hydrogens (tertiary/aromatic N) is 2. The average Bonchev–Trinajstić information content (AvgIpc) is 2.71. The fraction of sp³-hybridized carbons (Fsp3) is 0.708. The molecule has 1 N–H and O–H groups in total. The molecular weight excluding hydrogens is 346 g/mol. The number of rotatable bonds is 6. The lowest BCUT2D eigenvalue weighted by Crippen LogP contribution is -2.51. The smallest absolute Gasteiger partial charge is 0.224 e. The van der Waals surface area contributed by atoms with Crippen molar-refractivity contribution in [2.75, 3.05) is 39.3 Å². The minimum Gasteiger partial charge on any atom is -0.355 e. The summed E-state index contributed by atoms with van der Waals surface area (Å²) in [5, 5.41) is 3.18. The van der Waals surface area contributed by atoms with Crippen molar-refractivity contribution in [2.24, 2.45) is 11.3 Å². The average molecular weight is 386 g/mol. The van der Waals surface area contributed by atoms with Crippen molar-refractivity contribution in [3.05, 3.63) is 35.9 Å². The minimum atomic E-state index is 0.149. The second-order valence-corrected chi connectivity index (χ2v) is 9.92. The van der Waals surface area contributed by atoms with E-state index >= 15 is 0 Å². The first kappa shape index (κ1) is 21.3. The third-order valence-electron chi connectivity index (χ3n) is 6.25. The van der Waals surface area contributed by atoms with Crippen molar-refractivity contribution >= 4 is 5.91 Å². The molecule has 1 amide bonds. The maximum atomic E-state index is 12.6. The van der Waals surface area contributed by atoms with Gasteiger partial charge in [-0.05, 0) is 62.7 Å². The number of hydrogen-bond donors (Lipinski definition) is 1. The highest BCUT2D eigenvalue weighted by Gasteiger charge is 2.31. The molecule has 1 aromatic carbocycles. The second kappa shape index (κ2) is 9.89. The van der Waals surface area contributed by atoms with Crippen molar-refractivity contribution in [1.82, 2.24) is 15.1 Å². The molecule has 0 aliphatic carbocycles. The predicted molar refractivity (Wildman–Crippen MR) is 116 cm³/mol. The maximum absolute atomic E-state index is 12.6. The van der Waals surface area contributed by atoms with Crippen LogP contribution in [0.1, 0.15) is 52.0 Å². The molecule has 2 saturated heterocycles. The van der Waals surface area contributed by atoms with Gasteiger partial charge < -0.3 is 10.2 Å². The van der Waals surface area contributed by atoms with Crippen LogP contribution in [0.15, 0.2) is 30.3 Å². The van der Waals surface area contributed by atoms with E-state index in [-0.39, 0.29) is 17.2 Å². The van der Waals surface area contributed by atoms with E-state index in [1.165, 1.54) is 31.5 Å².